The molecule has 1 N–H and O–H groups in total. The van der Waals surface area contributed by atoms with Gasteiger partial charge in [-0.2, -0.15) is 0 Å². The highest BCUT2D eigenvalue weighted by Crippen LogP contribution is 2.33. The number of fused-ring (bicyclic) bond motifs is 1. The average Bonchev–Trinajstić information content (AvgIpc) is 3.11. The number of carbonyl (C=O) groups excluding carboxylic acids is 1. The zero-order valence-corrected chi connectivity index (χ0v) is 20.5. The number of aromatic nitrogens is 1. The van der Waals surface area contributed by atoms with Crippen molar-refractivity contribution in [2.75, 3.05) is 0 Å². The smallest absolute Gasteiger partial charge is 0.251 e. The van der Waals surface area contributed by atoms with Crippen molar-refractivity contribution in [3.63, 3.8) is 0 Å². The molecule has 0 saturated carbocycles. The first-order valence-corrected chi connectivity index (χ1v) is 12.9. The van der Waals surface area contributed by atoms with Gasteiger partial charge in [0.1, 0.15) is 0 Å². The van der Waals surface area contributed by atoms with E-state index in [1.807, 2.05) is 18.2 Å². The highest BCUT2D eigenvalue weighted by molar-refractivity contribution is 5.94. The summed E-state index contributed by atoms with van der Waals surface area (Å²) in [5.41, 5.74) is 8.50. The quantitative estimate of drug-likeness (QED) is 0.290. The molecule has 1 heterocycles. The Morgan fingerprint density at radius 3 is 2.29 bits per heavy atom. The maximum Gasteiger partial charge on any atom is 0.251 e. The van der Waals surface area contributed by atoms with Crippen molar-refractivity contribution in [2.45, 2.75) is 57.9 Å². The predicted molar refractivity (Wildman–Crippen MR) is 144 cm³/mol. The molecule has 178 valence electrons. The van der Waals surface area contributed by atoms with Gasteiger partial charge in [-0.3, -0.25) is 4.79 Å². The Balaban J connectivity index is 1.35. The largest absolute Gasteiger partial charge is 0.350 e. The predicted octanol–water partition coefficient (Wildman–Crippen LogP) is 7.16. The molecule has 0 unspecified atom stereocenters. The van der Waals surface area contributed by atoms with Gasteiger partial charge >= 0.3 is 0 Å². The van der Waals surface area contributed by atoms with Gasteiger partial charge in [0.25, 0.3) is 5.91 Å². The third-order valence-corrected chi connectivity index (χ3v) is 7.10. The van der Waals surface area contributed by atoms with Crippen LogP contribution in [-0.2, 0) is 19.3 Å². The molecular formula is C32H34N2O. The number of carbonyl (C=O) groups is 1. The number of rotatable bonds is 7. The summed E-state index contributed by atoms with van der Waals surface area (Å²) in [6.07, 6.45) is 7.90. The molecule has 1 aromatic heterocycles. The van der Waals surface area contributed by atoms with Gasteiger partial charge in [0.05, 0.1) is 5.69 Å². The first-order chi connectivity index (χ1) is 17.2. The molecule has 3 nitrogen and oxygen atoms in total. The molecule has 4 aromatic rings. The molecule has 3 aromatic carbocycles. The molecule has 0 radical (unpaired) electrons. The van der Waals surface area contributed by atoms with E-state index < -0.39 is 0 Å². The second kappa shape index (κ2) is 10.8. The molecule has 1 aliphatic rings. The fourth-order valence-electron chi connectivity index (χ4n) is 5.16. The van der Waals surface area contributed by atoms with E-state index >= 15 is 0 Å². The summed E-state index contributed by atoms with van der Waals surface area (Å²) in [6, 6.07) is 31.7. The van der Waals surface area contributed by atoms with Crippen LogP contribution in [0.15, 0.2) is 91.0 Å². The fourth-order valence-corrected chi connectivity index (χ4v) is 5.16. The number of hydrogen-bond donors (Lipinski definition) is 1. The van der Waals surface area contributed by atoms with Crippen LogP contribution < -0.4 is 5.32 Å². The van der Waals surface area contributed by atoms with E-state index in [9.17, 15) is 4.79 Å². The van der Waals surface area contributed by atoms with Gasteiger partial charge in [0, 0.05) is 23.0 Å². The first-order valence-electron chi connectivity index (χ1n) is 12.9. The van der Waals surface area contributed by atoms with Crippen LogP contribution in [0.4, 0.5) is 0 Å². The fraction of sp³-hybridized carbons (Fsp3) is 0.281. The summed E-state index contributed by atoms with van der Waals surface area (Å²) < 4.78 is 2.42. The standard InChI is InChI=1S/C32H34N2O/c1-24(17-18-25-11-5-2-6-12-25)33-32(35)27-19-21-29(22-20-27)34-30-16-10-4-9-15-28(30)23-31(34)26-13-7-3-8-14-26/h2-3,5-8,11-14,19-24H,4,9-10,15-18H2,1H3,(H,33,35)/t24-/m1/s1. The number of nitrogens with one attached hydrogen (secondary N) is 1. The van der Waals surface area contributed by atoms with Gasteiger partial charge in [-0.15, -0.1) is 0 Å². The Labute approximate surface area is 208 Å². The van der Waals surface area contributed by atoms with Crippen LogP contribution in [0.5, 0.6) is 0 Å². The van der Waals surface area contributed by atoms with Crippen LogP contribution in [0, 0.1) is 0 Å². The van der Waals surface area contributed by atoms with E-state index in [0.29, 0.717) is 5.56 Å². The zero-order valence-electron chi connectivity index (χ0n) is 20.5. The zero-order chi connectivity index (χ0) is 24.0. The lowest BCUT2D eigenvalue weighted by Crippen LogP contribution is -2.32. The number of benzene rings is 3. The van der Waals surface area contributed by atoms with Gasteiger partial charge < -0.3 is 9.88 Å². The van der Waals surface area contributed by atoms with E-state index in [4.69, 9.17) is 0 Å². The molecule has 35 heavy (non-hydrogen) atoms. The lowest BCUT2D eigenvalue weighted by atomic mass is 10.1. The monoisotopic (exact) mass is 462 g/mol. The molecule has 0 aliphatic heterocycles. The van der Waals surface area contributed by atoms with E-state index in [1.54, 1.807) is 0 Å². The average molecular weight is 463 g/mol. The number of nitrogens with zero attached hydrogens (tertiary/aromatic N) is 1. The molecule has 0 fully saturated rings. The van der Waals surface area contributed by atoms with Crippen molar-refractivity contribution in [1.82, 2.24) is 9.88 Å². The minimum atomic E-state index is -0.00766. The maximum atomic E-state index is 12.9. The number of hydrogen-bond acceptors (Lipinski definition) is 1. The van der Waals surface area contributed by atoms with Crippen LogP contribution in [0.3, 0.4) is 0 Å². The van der Waals surface area contributed by atoms with Gasteiger partial charge in [0.15, 0.2) is 0 Å². The van der Waals surface area contributed by atoms with Crippen molar-refractivity contribution in [3.8, 4) is 16.9 Å². The van der Waals surface area contributed by atoms with E-state index in [1.165, 1.54) is 47.3 Å². The van der Waals surface area contributed by atoms with Crippen LogP contribution in [-0.4, -0.2) is 16.5 Å². The van der Waals surface area contributed by atoms with Crippen molar-refractivity contribution < 1.29 is 4.79 Å². The molecule has 0 spiro atoms. The Kier molecular flexibility index (Phi) is 7.13. The van der Waals surface area contributed by atoms with Crippen molar-refractivity contribution in [2.24, 2.45) is 0 Å². The Morgan fingerprint density at radius 2 is 1.54 bits per heavy atom. The molecule has 3 heteroatoms. The summed E-state index contributed by atoms with van der Waals surface area (Å²) in [6.45, 7) is 2.08. The lowest BCUT2D eigenvalue weighted by molar-refractivity contribution is 0.0938. The minimum absolute atomic E-state index is 0.00766. The van der Waals surface area contributed by atoms with Gasteiger partial charge in [-0.25, -0.2) is 0 Å². The second-order valence-electron chi connectivity index (χ2n) is 9.71. The summed E-state index contributed by atoms with van der Waals surface area (Å²) in [4.78, 5) is 12.9. The summed E-state index contributed by atoms with van der Waals surface area (Å²) >= 11 is 0. The highest BCUT2D eigenvalue weighted by atomic mass is 16.1. The van der Waals surface area contributed by atoms with Crippen LogP contribution in [0.1, 0.15) is 59.8 Å². The lowest BCUT2D eigenvalue weighted by Gasteiger charge is -2.16. The second-order valence-corrected chi connectivity index (χ2v) is 9.71. The van der Waals surface area contributed by atoms with Crippen molar-refractivity contribution in [1.29, 1.82) is 0 Å². The third kappa shape index (κ3) is 5.40. The van der Waals surface area contributed by atoms with Crippen LogP contribution in [0.25, 0.3) is 16.9 Å². The van der Waals surface area contributed by atoms with Gasteiger partial charge in [0.2, 0.25) is 0 Å². The van der Waals surface area contributed by atoms with Crippen molar-refractivity contribution >= 4 is 5.91 Å². The normalized spacial score (nSPS) is 14.1. The SMILES string of the molecule is C[C@H](CCc1ccccc1)NC(=O)c1ccc(-n2c(-c3ccccc3)cc3c2CCCCC3)cc1. The maximum absolute atomic E-state index is 12.9. The first kappa shape index (κ1) is 23.2. The Bertz CT molecular complexity index is 1260. The van der Waals surface area contributed by atoms with E-state index in [0.717, 1.165) is 31.4 Å². The highest BCUT2D eigenvalue weighted by Gasteiger charge is 2.20. The minimum Gasteiger partial charge on any atom is -0.350 e. The summed E-state index contributed by atoms with van der Waals surface area (Å²) in [5, 5.41) is 3.17. The van der Waals surface area contributed by atoms with Crippen LogP contribution in [0.2, 0.25) is 0 Å². The van der Waals surface area contributed by atoms with Gasteiger partial charge in [-0.1, -0.05) is 67.1 Å². The number of amides is 1. The third-order valence-electron chi connectivity index (χ3n) is 7.10. The number of aryl methyl sites for hydroxylation is 2. The van der Waals surface area contributed by atoms with Crippen molar-refractivity contribution in [3.05, 3.63) is 113 Å². The van der Waals surface area contributed by atoms with Gasteiger partial charge in [-0.05, 0) is 92.5 Å². The van der Waals surface area contributed by atoms with E-state index in [2.05, 4.69) is 89.6 Å². The summed E-state index contributed by atoms with van der Waals surface area (Å²) in [7, 11) is 0. The molecule has 1 amide bonds. The van der Waals surface area contributed by atoms with E-state index in [-0.39, 0.29) is 11.9 Å². The Hall–Kier alpha value is -3.59. The molecule has 1 aliphatic carbocycles. The Morgan fingerprint density at radius 1 is 0.857 bits per heavy atom. The molecular weight excluding hydrogens is 428 g/mol. The molecule has 1 atom stereocenters. The summed E-state index contributed by atoms with van der Waals surface area (Å²) in [5.74, 6) is -0.00766. The molecule has 5 rings (SSSR count). The van der Waals surface area contributed by atoms with Crippen LogP contribution >= 0.6 is 0 Å². The topological polar surface area (TPSA) is 34.0 Å². The molecule has 0 bridgehead atoms. The molecule has 0 saturated heterocycles.